The number of benzene rings is 2. The van der Waals surface area contributed by atoms with E-state index in [2.05, 4.69) is 29.1 Å². The fraction of sp³-hybridized carbons (Fsp3) is 0.333. The number of ether oxygens (including phenoxy) is 1. The number of alkyl halides is 3. The van der Waals surface area contributed by atoms with Crippen molar-refractivity contribution in [3.63, 3.8) is 0 Å². The number of aromatic nitrogens is 2. The van der Waals surface area contributed by atoms with Gasteiger partial charge in [0.2, 0.25) is 5.95 Å². The molecule has 0 saturated carbocycles. The second-order valence-corrected chi connectivity index (χ2v) is 8.05. The highest BCUT2D eigenvalue weighted by molar-refractivity contribution is 5.65. The summed E-state index contributed by atoms with van der Waals surface area (Å²) in [4.78, 5) is 9.49. The molecule has 5 nitrogen and oxygen atoms in total. The summed E-state index contributed by atoms with van der Waals surface area (Å²) in [5.74, 6) is 0.861. The molecule has 0 bridgehead atoms. The Morgan fingerprint density at radius 3 is 2.09 bits per heavy atom. The smallest absolute Gasteiger partial charge is 0.421 e. The Hall–Kier alpha value is -3.29. The maximum Gasteiger partial charge on any atom is 0.421 e. The van der Waals surface area contributed by atoms with Crippen LogP contribution in [-0.2, 0) is 6.18 Å². The molecule has 3 aromatic rings. The van der Waals surface area contributed by atoms with Gasteiger partial charge in [0, 0.05) is 24.6 Å². The van der Waals surface area contributed by atoms with Crippen molar-refractivity contribution >= 4 is 23.1 Å². The van der Waals surface area contributed by atoms with E-state index in [1.165, 1.54) is 4.90 Å². The monoisotopic (exact) mass is 444 g/mol. The summed E-state index contributed by atoms with van der Waals surface area (Å²) < 4.78 is 46.6. The van der Waals surface area contributed by atoms with Gasteiger partial charge in [-0.25, -0.2) is 4.98 Å². The van der Waals surface area contributed by atoms with Crippen LogP contribution in [0.15, 0.2) is 54.7 Å². The quantitative estimate of drug-likeness (QED) is 0.429. The molecular weight excluding hydrogens is 417 g/mol. The summed E-state index contributed by atoms with van der Waals surface area (Å²) in [6.07, 6.45) is -3.74. The molecule has 0 unspecified atom stereocenters. The first-order valence-electron chi connectivity index (χ1n) is 10.4. The number of rotatable bonds is 7. The van der Waals surface area contributed by atoms with Crippen LogP contribution in [0, 0.1) is 0 Å². The predicted molar refractivity (Wildman–Crippen MR) is 121 cm³/mol. The molecule has 0 fully saturated rings. The summed E-state index contributed by atoms with van der Waals surface area (Å²) in [6.45, 7) is 7.97. The molecule has 0 aliphatic rings. The lowest BCUT2D eigenvalue weighted by molar-refractivity contribution is -0.137. The molecule has 2 aromatic carbocycles. The topological polar surface area (TPSA) is 50.3 Å². The number of hydrogen-bond acceptors (Lipinski definition) is 5. The molecule has 0 saturated heterocycles. The minimum absolute atomic E-state index is 0.0414. The fourth-order valence-electron chi connectivity index (χ4n) is 3.11. The van der Waals surface area contributed by atoms with Crippen LogP contribution in [0.3, 0.4) is 0 Å². The molecule has 3 rings (SSSR count). The minimum Gasteiger partial charge on any atom is -0.491 e. The normalized spacial score (nSPS) is 11.7. The summed E-state index contributed by atoms with van der Waals surface area (Å²) in [5, 5.41) is 2.96. The Labute approximate surface area is 186 Å². The van der Waals surface area contributed by atoms with Gasteiger partial charge in [-0.05, 0) is 61.7 Å². The first kappa shape index (κ1) is 23.4. The Balaban J connectivity index is 1.91. The van der Waals surface area contributed by atoms with E-state index in [4.69, 9.17) is 4.74 Å². The van der Waals surface area contributed by atoms with Crippen LogP contribution >= 0.6 is 0 Å². The molecule has 0 radical (unpaired) electrons. The van der Waals surface area contributed by atoms with Crippen molar-refractivity contribution in [2.24, 2.45) is 0 Å². The number of nitrogens with one attached hydrogen (secondary N) is 1. The highest BCUT2D eigenvalue weighted by Crippen LogP contribution is 2.38. The van der Waals surface area contributed by atoms with Crippen LogP contribution in [0.1, 0.15) is 44.7 Å². The number of halogens is 3. The number of hydrogen-bond donors (Lipinski definition) is 1. The Morgan fingerprint density at radius 1 is 0.938 bits per heavy atom. The SMILES string of the molecule is CC(C)Oc1ccc(Nc2ncc(C(F)(F)F)c(N(C)c3ccc(C(C)C)cc3)n2)cc1. The van der Waals surface area contributed by atoms with Gasteiger partial charge in [0.05, 0.1) is 6.10 Å². The third kappa shape index (κ3) is 5.69. The molecular formula is C24H27F3N4O. The van der Waals surface area contributed by atoms with Gasteiger partial charge in [-0.1, -0.05) is 26.0 Å². The molecule has 0 aliphatic heterocycles. The van der Waals surface area contributed by atoms with Gasteiger partial charge in [0.1, 0.15) is 11.3 Å². The van der Waals surface area contributed by atoms with Crippen LogP contribution < -0.4 is 15.0 Å². The van der Waals surface area contributed by atoms with Crippen molar-refractivity contribution in [1.82, 2.24) is 9.97 Å². The zero-order valence-electron chi connectivity index (χ0n) is 18.7. The lowest BCUT2D eigenvalue weighted by Gasteiger charge is -2.23. The minimum atomic E-state index is -4.59. The van der Waals surface area contributed by atoms with E-state index < -0.39 is 11.7 Å². The van der Waals surface area contributed by atoms with Crippen molar-refractivity contribution in [2.75, 3.05) is 17.3 Å². The standard InChI is InChI=1S/C24H27F3N4O/c1-15(2)17-6-10-19(11-7-17)31(5)22-21(24(25,26)27)14-28-23(30-22)29-18-8-12-20(13-9-18)32-16(3)4/h6-16H,1-5H3,(H,28,29,30). The highest BCUT2D eigenvalue weighted by atomic mass is 19.4. The largest absolute Gasteiger partial charge is 0.491 e. The number of anilines is 4. The zero-order chi connectivity index (χ0) is 23.5. The van der Waals surface area contributed by atoms with E-state index in [-0.39, 0.29) is 17.9 Å². The van der Waals surface area contributed by atoms with Crippen molar-refractivity contribution in [3.05, 3.63) is 65.9 Å². The Bertz CT molecular complexity index is 1030. The first-order chi connectivity index (χ1) is 15.0. The van der Waals surface area contributed by atoms with Crippen molar-refractivity contribution in [1.29, 1.82) is 0 Å². The average Bonchev–Trinajstić information content (AvgIpc) is 2.73. The summed E-state index contributed by atoms with van der Waals surface area (Å²) in [6, 6.07) is 14.5. The lowest BCUT2D eigenvalue weighted by atomic mass is 10.0. The van der Waals surface area contributed by atoms with Gasteiger partial charge >= 0.3 is 6.18 Å². The van der Waals surface area contributed by atoms with Gasteiger partial charge in [-0.2, -0.15) is 18.2 Å². The molecule has 8 heteroatoms. The molecule has 0 spiro atoms. The van der Waals surface area contributed by atoms with E-state index in [9.17, 15) is 13.2 Å². The van der Waals surface area contributed by atoms with E-state index in [1.54, 1.807) is 43.4 Å². The van der Waals surface area contributed by atoms with Crippen LogP contribution in [0.25, 0.3) is 0 Å². The molecule has 1 aromatic heterocycles. The Kier molecular flexibility index (Phi) is 6.91. The van der Waals surface area contributed by atoms with Crippen molar-refractivity contribution in [3.8, 4) is 5.75 Å². The van der Waals surface area contributed by atoms with Crippen LogP contribution in [0.5, 0.6) is 5.75 Å². The molecule has 1 N–H and O–H groups in total. The van der Waals surface area contributed by atoms with Gasteiger partial charge in [-0.3, -0.25) is 0 Å². The second kappa shape index (κ2) is 9.46. The number of nitrogens with zero attached hydrogens (tertiary/aromatic N) is 3. The average molecular weight is 445 g/mol. The molecule has 0 amide bonds. The third-order valence-electron chi connectivity index (χ3n) is 4.82. The van der Waals surface area contributed by atoms with Crippen LogP contribution in [0.2, 0.25) is 0 Å². The summed E-state index contributed by atoms with van der Waals surface area (Å²) in [7, 11) is 1.56. The first-order valence-corrected chi connectivity index (χ1v) is 10.4. The molecule has 0 atom stereocenters. The van der Waals surface area contributed by atoms with E-state index >= 15 is 0 Å². The van der Waals surface area contributed by atoms with Gasteiger partial charge in [0.25, 0.3) is 0 Å². The van der Waals surface area contributed by atoms with Crippen LogP contribution in [0.4, 0.5) is 36.3 Å². The fourth-order valence-corrected chi connectivity index (χ4v) is 3.11. The van der Waals surface area contributed by atoms with Gasteiger partial charge in [-0.15, -0.1) is 0 Å². The van der Waals surface area contributed by atoms with Crippen LogP contribution in [-0.4, -0.2) is 23.1 Å². The Morgan fingerprint density at radius 2 is 1.56 bits per heavy atom. The maximum absolute atomic E-state index is 13.7. The zero-order valence-corrected chi connectivity index (χ0v) is 18.7. The third-order valence-corrected chi connectivity index (χ3v) is 4.82. The summed E-state index contributed by atoms with van der Waals surface area (Å²) >= 11 is 0. The van der Waals surface area contributed by atoms with Gasteiger partial charge in [0.15, 0.2) is 5.82 Å². The maximum atomic E-state index is 13.7. The van der Waals surface area contributed by atoms with E-state index in [0.29, 0.717) is 23.0 Å². The predicted octanol–water partition coefficient (Wildman–Crippen LogP) is 6.92. The lowest BCUT2D eigenvalue weighted by Crippen LogP contribution is -2.19. The summed E-state index contributed by atoms with van der Waals surface area (Å²) in [5.41, 5.74) is 1.43. The van der Waals surface area contributed by atoms with Crippen molar-refractivity contribution in [2.45, 2.75) is 45.9 Å². The van der Waals surface area contributed by atoms with Gasteiger partial charge < -0.3 is 15.0 Å². The highest BCUT2D eigenvalue weighted by Gasteiger charge is 2.36. The second-order valence-electron chi connectivity index (χ2n) is 8.05. The molecule has 170 valence electrons. The van der Waals surface area contributed by atoms with E-state index in [0.717, 1.165) is 11.8 Å². The molecule has 0 aliphatic carbocycles. The van der Waals surface area contributed by atoms with Crippen molar-refractivity contribution < 1.29 is 17.9 Å². The molecule has 1 heterocycles. The van der Waals surface area contributed by atoms with E-state index in [1.807, 2.05) is 26.0 Å². The molecule has 32 heavy (non-hydrogen) atoms.